The smallest absolute Gasteiger partial charge is 0.410 e. The van der Waals surface area contributed by atoms with E-state index in [1.165, 1.54) is 0 Å². The Balaban J connectivity index is 1.28. The lowest BCUT2D eigenvalue weighted by Crippen LogP contribution is -2.54. The summed E-state index contributed by atoms with van der Waals surface area (Å²) in [5.41, 5.74) is 3.88. The lowest BCUT2D eigenvalue weighted by molar-refractivity contribution is 0.0897. The molecule has 2 aromatic heterocycles. The predicted octanol–water partition coefficient (Wildman–Crippen LogP) is 5.80. The maximum Gasteiger partial charge on any atom is 0.410 e. The van der Waals surface area contributed by atoms with Crippen molar-refractivity contribution in [2.75, 3.05) is 43.7 Å². The molecule has 1 saturated heterocycles. The first-order valence-corrected chi connectivity index (χ1v) is 16.1. The summed E-state index contributed by atoms with van der Waals surface area (Å²) in [6.45, 7) is 5.05. The third kappa shape index (κ3) is 7.11. The largest absolute Gasteiger partial charge is 0.497 e. The SMILES string of the molecule is COc1ccc(CN(Cc2ccc(OC)cc2)c2nc(N3CCN(C(=O)OCc4ccccc4)C[C@@H]3C)nc3c(I)cnn23)cc1. The second-order valence-corrected chi connectivity index (χ2v) is 12.3. The molecule has 1 amide bonds. The van der Waals surface area contributed by atoms with Crippen molar-refractivity contribution in [2.45, 2.75) is 32.7 Å². The third-order valence-electron chi connectivity index (χ3n) is 7.99. The van der Waals surface area contributed by atoms with Gasteiger partial charge < -0.3 is 28.9 Å². The van der Waals surface area contributed by atoms with Crippen molar-refractivity contribution in [2.24, 2.45) is 0 Å². The highest BCUT2D eigenvalue weighted by Gasteiger charge is 2.31. The predicted molar refractivity (Wildman–Crippen MR) is 184 cm³/mol. The second kappa shape index (κ2) is 14.2. The summed E-state index contributed by atoms with van der Waals surface area (Å²) in [7, 11) is 3.33. The fourth-order valence-electron chi connectivity index (χ4n) is 5.49. The monoisotopic (exact) mass is 733 g/mol. The number of fused-ring (bicyclic) bond motifs is 1. The van der Waals surface area contributed by atoms with Crippen LogP contribution >= 0.6 is 22.6 Å². The van der Waals surface area contributed by atoms with Crippen molar-refractivity contribution in [1.82, 2.24) is 24.5 Å². The van der Waals surface area contributed by atoms with Crippen LogP contribution in [0.25, 0.3) is 5.65 Å². The van der Waals surface area contributed by atoms with Crippen LogP contribution in [-0.2, 0) is 24.4 Å². The van der Waals surface area contributed by atoms with E-state index in [1.54, 1.807) is 29.8 Å². The number of piperazine rings is 1. The van der Waals surface area contributed by atoms with Gasteiger partial charge in [0, 0.05) is 38.8 Å². The first kappa shape index (κ1) is 31.4. The van der Waals surface area contributed by atoms with Gasteiger partial charge in [0.2, 0.25) is 11.9 Å². The summed E-state index contributed by atoms with van der Waals surface area (Å²) in [6.07, 6.45) is 1.49. The number of rotatable bonds is 10. The molecule has 1 aliphatic rings. The summed E-state index contributed by atoms with van der Waals surface area (Å²) in [4.78, 5) is 29.2. The lowest BCUT2D eigenvalue weighted by Gasteiger charge is -2.39. The molecule has 3 aromatic carbocycles. The molecule has 11 nitrogen and oxygen atoms in total. The minimum absolute atomic E-state index is 0.0365. The Morgan fingerprint density at radius 2 is 1.50 bits per heavy atom. The summed E-state index contributed by atoms with van der Waals surface area (Å²) in [6, 6.07) is 25.8. The Hall–Kier alpha value is -4.59. The average Bonchev–Trinajstić information content (AvgIpc) is 3.47. The van der Waals surface area contributed by atoms with Crippen LogP contribution in [0.1, 0.15) is 23.6 Å². The Morgan fingerprint density at radius 1 is 0.870 bits per heavy atom. The highest BCUT2D eigenvalue weighted by atomic mass is 127. The molecule has 0 aliphatic carbocycles. The molecule has 0 N–H and O–H groups in total. The number of benzene rings is 3. The standard InChI is InChI=1S/C34H36IN7O4/c1-24-20-39(34(43)46-23-27-7-5-4-6-8-27)17-18-41(24)32-37-31-30(35)19-36-42(31)33(38-32)40(21-25-9-13-28(44-2)14-10-25)22-26-11-15-29(45-3)16-12-26/h4-16,19,24H,17-18,20-23H2,1-3H3/t24-/m0/s1. The van der Waals surface area contributed by atoms with E-state index in [1.807, 2.05) is 54.6 Å². The van der Waals surface area contributed by atoms with Gasteiger partial charge in [0.25, 0.3) is 0 Å². The number of methoxy groups -OCH3 is 2. The van der Waals surface area contributed by atoms with Crippen LogP contribution in [0.4, 0.5) is 16.7 Å². The normalized spacial score (nSPS) is 14.7. The average molecular weight is 734 g/mol. The fraction of sp³-hybridized carbons (Fsp3) is 0.294. The Kier molecular flexibility index (Phi) is 9.71. The minimum Gasteiger partial charge on any atom is -0.497 e. The van der Waals surface area contributed by atoms with E-state index in [0.717, 1.165) is 37.4 Å². The van der Waals surface area contributed by atoms with Crippen molar-refractivity contribution in [3.8, 4) is 11.5 Å². The van der Waals surface area contributed by atoms with Gasteiger partial charge in [-0.1, -0.05) is 54.6 Å². The molecule has 0 saturated carbocycles. The molecule has 1 atom stereocenters. The van der Waals surface area contributed by atoms with Crippen molar-refractivity contribution < 1.29 is 19.0 Å². The molecule has 0 radical (unpaired) electrons. The topological polar surface area (TPSA) is 97.6 Å². The Morgan fingerprint density at radius 3 is 2.09 bits per heavy atom. The summed E-state index contributed by atoms with van der Waals surface area (Å²) in [5, 5.41) is 4.68. The maximum absolute atomic E-state index is 12.9. The zero-order chi connectivity index (χ0) is 32.0. The molecule has 12 heteroatoms. The van der Waals surface area contributed by atoms with E-state index in [-0.39, 0.29) is 18.7 Å². The van der Waals surface area contributed by atoms with Crippen molar-refractivity contribution in [3.63, 3.8) is 0 Å². The van der Waals surface area contributed by atoms with Gasteiger partial charge in [-0.3, -0.25) is 0 Å². The molecular formula is C34H36IN7O4. The number of halogens is 1. The number of nitrogens with zero attached hydrogens (tertiary/aromatic N) is 7. The molecule has 46 heavy (non-hydrogen) atoms. The van der Waals surface area contributed by atoms with Gasteiger partial charge in [-0.2, -0.15) is 19.6 Å². The summed E-state index contributed by atoms with van der Waals surface area (Å²) in [5.74, 6) is 2.87. The molecule has 1 fully saturated rings. The molecule has 238 valence electrons. The van der Waals surface area contributed by atoms with Gasteiger partial charge in [-0.25, -0.2) is 4.79 Å². The van der Waals surface area contributed by atoms with E-state index in [2.05, 4.69) is 68.7 Å². The van der Waals surface area contributed by atoms with Gasteiger partial charge in [0.15, 0.2) is 5.65 Å². The maximum atomic E-state index is 12.9. The van der Waals surface area contributed by atoms with Crippen molar-refractivity contribution in [3.05, 3.63) is 105 Å². The molecular weight excluding hydrogens is 697 g/mol. The molecule has 5 aromatic rings. The van der Waals surface area contributed by atoms with Crippen LogP contribution in [0, 0.1) is 3.57 Å². The zero-order valence-corrected chi connectivity index (χ0v) is 28.2. The third-order valence-corrected chi connectivity index (χ3v) is 8.75. The zero-order valence-electron chi connectivity index (χ0n) is 26.0. The Bertz CT molecular complexity index is 1720. The van der Waals surface area contributed by atoms with Crippen LogP contribution in [0.3, 0.4) is 0 Å². The number of ether oxygens (including phenoxy) is 3. The van der Waals surface area contributed by atoms with E-state index in [4.69, 9.17) is 24.2 Å². The highest BCUT2D eigenvalue weighted by molar-refractivity contribution is 14.1. The number of aromatic nitrogens is 4. The summed E-state index contributed by atoms with van der Waals surface area (Å²) < 4.78 is 19.1. The number of anilines is 2. The minimum atomic E-state index is -0.317. The Labute approximate surface area is 281 Å². The first-order valence-electron chi connectivity index (χ1n) is 15.1. The number of amides is 1. The first-order chi connectivity index (χ1) is 22.4. The van der Waals surface area contributed by atoms with Crippen molar-refractivity contribution in [1.29, 1.82) is 0 Å². The van der Waals surface area contributed by atoms with Crippen LogP contribution in [0.5, 0.6) is 11.5 Å². The molecule has 6 rings (SSSR count). The highest BCUT2D eigenvalue weighted by Crippen LogP contribution is 2.27. The summed E-state index contributed by atoms with van der Waals surface area (Å²) >= 11 is 2.27. The fourth-order valence-corrected chi connectivity index (χ4v) is 5.96. The van der Waals surface area contributed by atoms with Gasteiger partial charge in [0.05, 0.1) is 24.0 Å². The van der Waals surface area contributed by atoms with Gasteiger partial charge >= 0.3 is 6.09 Å². The van der Waals surface area contributed by atoms with Crippen LogP contribution in [0.2, 0.25) is 0 Å². The second-order valence-electron chi connectivity index (χ2n) is 11.1. The number of carbonyl (C=O) groups is 1. The number of hydrogen-bond donors (Lipinski definition) is 0. The molecule has 3 heterocycles. The molecule has 0 bridgehead atoms. The lowest BCUT2D eigenvalue weighted by atomic mass is 10.1. The molecule has 0 unspecified atom stereocenters. The molecule has 0 spiro atoms. The van der Waals surface area contributed by atoms with E-state index < -0.39 is 0 Å². The van der Waals surface area contributed by atoms with Gasteiger partial charge in [-0.15, -0.1) is 0 Å². The quantitative estimate of drug-likeness (QED) is 0.165. The van der Waals surface area contributed by atoms with Gasteiger partial charge in [-0.05, 0) is 70.5 Å². The van der Waals surface area contributed by atoms with Crippen molar-refractivity contribution >= 4 is 46.2 Å². The van der Waals surface area contributed by atoms with E-state index >= 15 is 0 Å². The van der Waals surface area contributed by atoms with Crippen LogP contribution < -0.4 is 19.3 Å². The number of hydrogen-bond acceptors (Lipinski definition) is 9. The van der Waals surface area contributed by atoms with E-state index in [0.29, 0.717) is 44.6 Å². The van der Waals surface area contributed by atoms with Crippen LogP contribution in [0.15, 0.2) is 85.1 Å². The number of carbonyl (C=O) groups excluding carboxylic acids is 1. The van der Waals surface area contributed by atoms with E-state index in [9.17, 15) is 4.79 Å². The van der Waals surface area contributed by atoms with Crippen LogP contribution in [-0.4, -0.2) is 70.5 Å². The molecule has 1 aliphatic heterocycles. The van der Waals surface area contributed by atoms with Gasteiger partial charge in [0.1, 0.15) is 18.1 Å².